The molecule has 3 heterocycles. The Hall–Kier alpha value is -2.44. The van der Waals surface area contributed by atoms with Crippen LogP contribution in [0, 0.1) is 26.7 Å². The second-order valence-corrected chi connectivity index (χ2v) is 6.40. The van der Waals surface area contributed by atoms with Gasteiger partial charge in [0.2, 0.25) is 0 Å². The molecule has 7 nitrogen and oxygen atoms in total. The number of aryl methyl sites for hydroxylation is 2. The van der Waals surface area contributed by atoms with Crippen LogP contribution >= 0.6 is 0 Å². The predicted molar refractivity (Wildman–Crippen MR) is 87.8 cm³/mol. The number of likely N-dealkylation sites (tertiary alicyclic amines) is 1. The van der Waals surface area contributed by atoms with Crippen molar-refractivity contribution >= 4 is 5.91 Å². The first kappa shape index (κ1) is 16.4. The smallest absolute Gasteiger partial charge is 0.275 e. The van der Waals surface area contributed by atoms with E-state index in [1.54, 1.807) is 22.7 Å². The lowest BCUT2D eigenvalue weighted by molar-refractivity contribution is 0.0676. The summed E-state index contributed by atoms with van der Waals surface area (Å²) in [5, 5.41) is 0. The molecule has 1 fully saturated rings. The Morgan fingerprint density at radius 2 is 2.00 bits per heavy atom. The molecule has 0 aliphatic carbocycles. The zero-order valence-corrected chi connectivity index (χ0v) is 14.3. The van der Waals surface area contributed by atoms with Gasteiger partial charge in [0.05, 0.1) is 6.33 Å². The molecular weight excluding hydrogens is 308 g/mol. The Kier molecular flexibility index (Phi) is 4.51. The van der Waals surface area contributed by atoms with Gasteiger partial charge in [0, 0.05) is 37.8 Å². The first-order valence-electron chi connectivity index (χ1n) is 8.19. The maximum absolute atomic E-state index is 12.4. The van der Waals surface area contributed by atoms with E-state index in [1.165, 1.54) is 6.26 Å². The molecule has 0 aromatic carbocycles. The van der Waals surface area contributed by atoms with E-state index in [9.17, 15) is 9.59 Å². The van der Waals surface area contributed by atoms with E-state index in [-0.39, 0.29) is 11.5 Å². The molecular formula is C17H22N4O3. The number of rotatable bonds is 3. The van der Waals surface area contributed by atoms with Gasteiger partial charge in [-0.2, -0.15) is 0 Å². The fraction of sp³-hybridized carbons (Fsp3) is 0.529. The van der Waals surface area contributed by atoms with Crippen molar-refractivity contribution < 1.29 is 9.21 Å². The molecule has 2 aromatic heterocycles. The zero-order valence-electron chi connectivity index (χ0n) is 14.3. The lowest BCUT2D eigenvalue weighted by Gasteiger charge is -2.31. The van der Waals surface area contributed by atoms with Crippen molar-refractivity contribution in [1.82, 2.24) is 19.4 Å². The van der Waals surface area contributed by atoms with Crippen molar-refractivity contribution in [1.29, 1.82) is 0 Å². The Labute approximate surface area is 140 Å². The Balaban J connectivity index is 1.60. The summed E-state index contributed by atoms with van der Waals surface area (Å²) in [6, 6.07) is 0. The van der Waals surface area contributed by atoms with Gasteiger partial charge in [-0.05, 0) is 32.6 Å². The number of hydrogen-bond acceptors (Lipinski definition) is 5. The van der Waals surface area contributed by atoms with Crippen LogP contribution < -0.4 is 5.56 Å². The summed E-state index contributed by atoms with van der Waals surface area (Å²) >= 11 is 0. The van der Waals surface area contributed by atoms with Gasteiger partial charge < -0.3 is 9.32 Å². The standard InChI is InChI=1S/C17H22N4O3/c1-11-12(2)18-10-21(16(11)22)8-14-4-6-20(7-5-14)17(23)15-9-24-13(3)19-15/h9-10,14H,4-8H2,1-3H3. The summed E-state index contributed by atoms with van der Waals surface area (Å²) in [5.74, 6) is 0.778. The summed E-state index contributed by atoms with van der Waals surface area (Å²) < 4.78 is 6.79. The van der Waals surface area contributed by atoms with Gasteiger partial charge in [-0.15, -0.1) is 0 Å². The first-order valence-corrected chi connectivity index (χ1v) is 8.19. The fourth-order valence-corrected chi connectivity index (χ4v) is 3.03. The average molecular weight is 330 g/mol. The number of piperidine rings is 1. The molecule has 1 amide bonds. The quantitative estimate of drug-likeness (QED) is 0.856. The second-order valence-electron chi connectivity index (χ2n) is 6.40. The molecule has 2 aromatic rings. The summed E-state index contributed by atoms with van der Waals surface area (Å²) in [6.45, 7) is 7.36. The highest BCUT2D eigenvalue weighted by molar-refractivity contribution is 5.92. The third kappa shape index (κ3) is 3.25. The topological polar surface area (TPSA) is 81.2 Å². The van der Waals surface area contributed by atoms with Crippen LogP contribution in [0.5, 0.6) is 0 Å². The highest BCUT2D eigenvalue weighted by atomic mass is 16.3. The van der Waals surface area contributed by atoms with Crippen molar-refractivity contribution in [3.8, 4) is 0 Å². The summed E-state index contributed by atoms with van der Waals surface area (Å²) in [6.07, 6.45) is 4.76. The zero-order chi connectivity index (χ0) is 17.3. The van der Waals surface area contributed by atoms with Crippen molar-refractivity contribution in [2.45, 2.75) is 40.2 Å². The van der Waals surface area contributed by atoms with Gasteiger partial charge in [0.25, 0.3) is 11.5 Å². The number of amides is 1. The number of nitrogens with zero attached hydrogens (tertiary/aromatic N) is 4. The molecule has 7 heteroatoms. The molecule has 24 heavy (non-hydrogen) atoms. The molecule has 0 saturated carbocycles. The maximum atomic E-state index is 12.4. The number of aromatic nitrogens is 3. The third-order valence-electron chi connectivity index (χ3n) is 4.71. The maximum Gasteiger partial charge on any atom is 0.275 e. The van der Waals surface area contributed by atoms with Crippen LogP contribution in [0.1, 0.15) is 40.5 Å². The Bertz CT molecular complexity index is 800. The van der Waals surface area contributed by atoms with Gasteiger partial charge in [-0.3, -0.25) is 14.2 Å². The molecule has 0 spiro atoms. The molecule has 0 atom stereocenters. The van der Waals surface area contributed by atoms with E-state index in [0.29, 0.717) is 42.7 Å². The van der Waals surface area contributed by atoms with Crippen molar-refractivity contribution in [2.24, 2.45) is 5.92 Å². The van der Waals surface area contributed by atoms with Crippen molar-refractivity contribution in [3.05, 3.63) is 45.8 Å². The molecule has 128 valence electrons. The molecule has 1 aliphatic rings. The molecule has 0 radical (unpaired) electrons. The van der Waals surface area contributed by atoms with Crippen LogP contribution in [-0.4, -0.2) is 38.4 Å². The monoisotopic (exact) mass is 330 g/mol. The number of oxazole rings is 1. The van der Waals surface area contributed by atoms with E-state index >= 15 is 0 Å². The SMILES string of the molecule is Cc1nc(C(=O)N2CCC(Cn3cnc(C)c(C)c3=O)CC2)co1. The lowest BCUT2D eigenvalue weighted by atomic mass is 9.96. The summed E-state index contributed by atoms with van der Waals surface area (Å²) in [5.41, 5.74) is 1.87. The van der Waals surface area contributed by atoms with E-state index in [2.05, 4.69) is 9.97 Å². The van der Waals surface area contributed by atoms with Crippen LogP contribution in [0.3, 0.4) is 0 Å². The van der Waals surface area contributed by atoms with Gasteiger partial charge >= 0.3 is 0 Å². The molecule has 1 aliphatic heterocycles. The second kappa shape index (κ2) is 6.59. The van der Waals surface area contributed by atoms with E-state index in [0.717, 1.165) is 18.5 Å². The number of hydrogen-bond donors (Lipinski definition) is 0. The number of carbonyl (C=O) groups excluding carboxylic acids is 1. The largest absolute Gasteiger partial charge is 0.448 e. The summed E-state index contributed by atoms with van der Waals surface area (Å²) in [4.78, 5) is 34.8. The minimum Gasteiger partial charge on any atom is -0.448 e. The minimum absolute atomic E-state index is 0.0269. The van der Waals surface area contributed by atoms with Crippen LogP contribution in [0.25, 0.3) is 0 Å². The highest BCUT2D eigenvalue weighted by Gasteiger charge is 2.25. The van der Waals surface area contributed by atoms with E-state index < -0.39 is 0 Å². The van der Waals surface area contributed by atoms with Gasteiger partial charge in [0.1, 0.15) is 6.26 Å². The minimum atomic E-state index is -0.0877. The molecule has 0 N–H and O–H groups in total. The normalized spacial score (nSPS) is 15.7. The van der Waals surface area contributed by atoms with E-state index in [4.69, 9.17) is 4.42 Å². The Morgan fingerprint density at radius 1 is 1.29 bits per heavy atom. The van der Waals surface area contributed by atoms with Gasteiger partial charge in [-0.1, -0.05) is 0 Å². The Morgan fingerprint density at radius 3 is 2.62 bits per heavy atom. The van der Waals surface area contributed by atoms with Crippen molar-refractivity contribution in [2.75, 3.05) is 13.1 Å². The van der Waals surface area contributed by atoms with Crippen LogP contribution in [0.15, 0.2) is 21.8 Å². The number of carbonyl (C=O) groups is 1. The average Bonchev–Trinajstić information content (AvgIpc) is 3.02. The van der Waals surface area contributed by atoms with Crippen molar-refractivity contribution in [3.63, 3.8) is 0 Å². The van der Waals surface area contributed by atoms with Crippen LogP contribution in [-0.2, 0) is 6.54 Å². The molecule has 1 saturated heterocycles. The first-order chi connectivity index (χ1) is 11.5. The van der Waals surface area contributed by atoms with Crippen LogP contribution in [0.2, 0.25) is 0 Å². The highest BCUT2D eigenvalue weighted by Crippen LogP contribution is 2.20. The van der Waals surface area contributed by atoms with E-state index in [1.807, 2.05) is 13.8 Å². The van der Waals surface area contributed by atoms with Gasteiger partial charge in [0.15, 0.2) is 11.6 Å². The van der Waals surface area contributed by atoms with Gasteiger partial charge in [-0.25, -0.2) is 9.97 Å². The molecule has 0 bridgehead atoms. The van der Waals surface area contributed by atoms with Crippen LogP contribution in [0.4, 0.5) is 0 Å². The molecule has 3 rings (SSSR count). The molecule has 0 unspecified atom stereocenters. The summed E-state index contributed by atoms with van der Waals surface area (Å²) in [7, 11) is 0. The lowest BCUT2D eigenvalue weighted by Crippen LogP contribution is -2.40. The fourth-order valence-electron chi connectivity index (χ4n) is 3.03. The third-order valence-corrected chi connectivity index (χ3v) is 4.71. The predicted octanol–water partition coefficient (Wildman–Crippen LogP) is 1.71.